The molecule has 7 nitrogen and oxygen atoms in total. The van der Waals surface area contributed by atoms with Crippen LogP contribution >= 0.6 is 0 Å². The number of rotatable bonds is 7. The second-order valence-corrected chi connectivity index (χ2v) is 8.40. The second kappa shape index (κ2) is 11.5. The zero-order valence-electron chi connectivity index (χ0n) is 20.1. The molecule has 2 aliphatic rings. The summed E-state index contributed by atoms with van der Waals surface area (Å²) in [6.45, 7) is 3.04. The Morgan fingerprint density at radius 3 is 2.34 bits per heavy atom. The fourth-order valence-corrected chi connectivity index (χ4v) is 4.45. The van der Waals surface area contributed by atoms with E-state index in [1.807, 2.05) is 54.6 Å². The Morgan fingerprint density at radius 1 is 0.914 bits per heavy atom. The summed E-state index contributed by atoms with van der Waals surface area (Å²) in [6, 6.07) is 16.5. The highest BCUT2D eigenvalue weighted by Gasteiger charge is 2.31. The first-order valence-electron chi connectivity index (χ1n) is 11.7. The minimum atomic E-state index is -0.404. The topological polar surface area (TPSA) is 71.1 Å². The van der Waals surface area contributed by atoms with E-state index >= 15 is 0 Å². The van der Waals surface area contributed by atoms with Crippen molar-refractivity contribution >= 4 is 11.9 Å². The third-order valence-corrected chi connectivity index (χ3v) is 6.29. The molecule has 0 bridgehead atoms. The maximum atomic E-state index is 12.8. The molecule has 1 amide bonds. The Labute approximate surface area is 206 Å². The van der Waals surface area contributed by atoms with E-state index in [2.05, 4.69) is 27.3 Å². The summed E-state index contributed by atoms with van der Waals surface area (Å²) >= 11 is 0. The standard InChI is InChI=1S/C28H31N3O4/c1-34-25-14-7-6-13-24(25)27(32)29-22-11-8-12-23(16-15-22)30-17-19-31(20-18-30)26(28(33)35-2)21-9-4-3-5-10-21/h3-10,12-16,26H,11,17-20H2,1-2H3,(H,29,32). The third kappa shape index (κ3) is 5.81. The molecule has 1 aliphatic carbocycles. The van der Waals surface area contributed by atoms with Crippen molar-refractivity contribution in [3.8, 4) is 5.75 Å². The molecule has 0 spiro atoms. The molecule has 4 rings (SSSR count). The van der Waals surface area contributed by atoms with E-state index in [9.17, 15) is 9.59 Å². The highest BCUT2D eigenvalue weighted by molar-refractivity contribution is 5.98. The molecule has 2 aromatic rings. The number of ether oxygens (including phenoxy) is 2. The molecule has 1 fully saturated rings. The van der Waals surface area contributed by atoms with Crippen molar-refractivity contribution in [1.29, 1.82) is 0 Å². The van der Waals surface area contributed by atoms with E-state index in [0.29, 0.717) is 17.7 Å². The molecule has 1 saturated heterocycles. The lowest BCUT2D eigenvalue weighted by molar-refractivity contribution is -0.148. The van der Waals surface area contributed by atoms with Crippen LogP contribution in [0.25, 0.3) is 0 Å². The highest BCUT2D eigenvalue weighted by atomic mass is 16.5. The lowest BCUT2D eigenvalue weighted by Crippen LogP contribution is -2.48. The summed E-state index contributed by atoms with van der Waals surface area (Å²) in [7, 11) is 2.99. The van der Waals surface area contributed by atoms with Crippen molar-refractivity contribution in [3.63, 3.8) is 0 Å². The number of amides is 1. The summed E-state index contributed by atoms with van der Waals surface area (Å²) in [6.07, 6.45) is 8.76. The van der Waals surface area contributed by atoms with E-state index in [0.717, 1.165) is 43.1 Å². The molecule has 35 heavy (non-hydrogen) atoms. The number of esters is 1. The van der Waals surface area contributed by atoms with Crippen LogP contribution in [-0.4, -0.2) is 62.1 Å². The summed E-state index contributed by atoms with van der Waals surface area (Å²) < 4.78 is 10.4. The summed E-state index contributed by atoms with van der Waals surface area (Å²) in [5.41, 5.74) is 3.35. The molecule has 1 aliphatic heterocycles. The average molecular weight is 474 g/mol. The molecular weight excluding hydrogens is 442 g/mol. The van der Waals surface area contributed by atoms with E-state index in [4.69, 9.17) is 9.47 Å². The lowest BCUT2D eigenvalue weighted by atomic mass is 10.0. The summed E-state index contributed by atoms with van der Waals surface area (Å²) in [4.78, 5) is 29.8. The van der Waals surface area contributed by atoms with Crippen LogP contribution in [0, 0.1) is 0 Å². The zero-order chi connectivity index (χ0) is 24.6. The maximum Gasteiger partial charge on any atom is 0.327 e. The fourth-order valence-electron chi connectivity index (χ4n) is 4.45. The first-order valence-corrected chi connectivity index (χ1v) is 11.7. The molecule has 1 unspecified atom stereocenters. The molecule has 2 aromatic carbocycles. The van der Waals surface area contributed by atoms with Gasteiger partial charge in [-0.15, -0.1) is 0 Å². The first-order chi connectivity index (χ1) is 17.1. The van der Waals surface area contributed by atoms with Gasteiger partial charge in [-0.25, -0.2) is 4.79 Å². The van der Waals surface area contributed by atoms with Crippen LogP contribution in [0.2, 0.25) is 0 Å². The largest absolute Gasteiger partial charge is 0.496 e. The SMILES string of the molecule is COC(=O)C(c1ccccc1)N1CCN(C2=CC=C(NC(=O)c3ccccc3OC)CC=C2)CC1. The van der Waals surface area contributed by atoms with Gasteiger partial charge in [-0.05, 0) is 35.9 Å². The van der Waals surface area contributed by atoms with Crippen LogP contribution < -0.4 is 10.1 Å². The fraction of sp³-hybridized carbons (Fsp3) is 0.286. The number of hydrogen-bond acceptors (Lipinski definition) is 6. The van der Waals surface area contributed by atoms with Gasteiger partial charge in [-0.3, -0.25) is 9.69 Å². The van der Waals surface area contributed by atoms with Crippen LogP contribution in [0.5, 0.6) is 5.75 Å². The predicted molar refractivity (Wildman–Crippen MR) is 135 cm³/mol. The van der Waals surface area contributed by atoms with Crippen LogP contribution in [0.1, 0.15) is 28.4 Å². The number of allylic oxidation sites excluding steroid dienone is 4. The molecule has 7 heteroatoms. The van der Waals surface area contributed by atoms with Crippen LogP contribution in [-0.2, 0) is 9.53 Å². The summed E-state index contributed by atoms with van der Waals surface area (Å²) in [5, 5.41) is 3.00. The number of methoxy groups -OCH3 is 2. The third-order valence-electron chi connectivity index (χ3n) is 6.29. The molecule has 0 radical (unpaired) electrons. The van der Waals surface area contributed by atoms with Crippen molar-refractivity contribution in [2.75, 3.05) is 40.4 Å². The van der Waals surface area contributed by atoms with Gasteiger partial charge in [0.2, 0.25) is 0 Å². The number of carbonyl (C=O) groups is 2. The zero-order valence-corrected chi connectivity index (χ0v) is 20.1. The van der Waals surface area contributed by atoms with Crippen molar-refractivity contribution in [2.45, 2.75) is 12.5 Å². The Kier molecular flexibility index (Phi) is 8.00. The van der Waals surface area contributed by atoms with Gasteiger partial charge in [0.1, 0.15) is 11.8 Å². The maximum absolute atomic E-state index is 12.8. The number of hydrogen-bond donors (Lipinski definition) is 1. The van der Waals surface area contributed by atoms with E-state index in [1.165, 1.54) is 7.11 Å². The quantitative estimate of drug-likeness (QED) is 0.619. The minimum absolute atomic E-state index is 0.192. The van der Waals surface area contributed by atoms with Crippen molar-refractivity contribution in [2.24, 2.45) is 0 Å². The van der Waals surface area contributed by atoms with Crippen molar-refractivity contribution < 1.29 is 19.1 Å². The normalized spacial score (nSPS) is 17.0. The van der Waals surface area contributed by atoms with Gasteiger partial charge < -0.3 is 19.7 Å². The van der Waals surface area contributed by atoms with Crippen LogP contribution in [0.3, 0.4) is 0 Å². The second-order valence-electron chi connectivity index (χ2n) is 8.40. The van der Waals surface area contributed by atoms with Gasteiger partial charge in [0, 0.05) is 44.0 Å². The van der Waals surface area contributed by atoms with Gasteiger partial charge in [0.05, 0.1) is 19.8 Å². The van der Waals surface area contributed by atoms with Gasteiger partial charge in [0.15, 0.2) is 0 Å². The Balaban J connectivity index is 1.41. The lowest BCUT2D eigenvalue weighted by Gasteiger charge is -2.39. The monoisotopic (exact) mass is 473 g/mol. The van der Waals surface area contributed by atoms with Gasteiger partial charge in [-0.2, -0.15) is 0 Å². The molecule has 1 N–H and O–H groups in total. The Bertz CT molecular complexity index is 1130. The molecule has 1 atom stereocenters. The number of para-hydroxylation sites is 1. The van der Waals surface area contributed by atoms with Crippen LogP contribution in [0.15, 0.2) is 90.3 Å². The number of nitrogens with zero attached hydrogens (tertiary/aromatic N) is 2. The predicted octanol–water partition coefficient (Wildman–Crippen LogP) is 3.68. The molecule has 182 valence electrons. The van der Waals surface area contributed by atoms with Crippen molar-refractivity contribution in [3.05, 3.63) is 101 Å². The molecule has 0 saturated carbocycles. The Morgan fingerprint density at radius 2 is 1.63 bits per heavy atom. The minimum Gasteiger partial charge on any atom is -0.496 e. The number of carbonyl (C=O) groups excluding carboxylic acids is 2. The van der Waals surface area contributed by atoms with E-state index < -0.39 is 6.04 Å². The number of nitrogens with one attached hydrogen (secondary N) is 1. The Hall–Kier alpha value is -3.84. The summed E-state index contributed by atoms with van der Waals surface area (Å²) in [5.74, 6) is 0.114. The number of benzene rings is 2. The van der Waals surface area contributed by atoms with E-state index in [1.54, 1.807) is 19.2 Å². The first kappa shape index (κ1) is 24.3. The molecular formula is C28H31N3O4. The van der Waals surface area contributed by atoms with E-state index in [-0.39, 0.29) is 11.9 Å². The highest BCUT2D eigenvalue weighted by Crippen LogP contribution is 2.25. The van der Waals surface area contributed by atoms with Gasteiger partial charge in [-0.1, -0.05) is 48.5 Å². The van der Waals surface area contributed by atoms with Gasteiger partial charge in [0.25, 0.3) is 5.91 Å². The average Bonchev–Trinajstić information content (AvgIpc) is 3.15. The number of piperazine rings is 1. The molecule has 1 heterocycles. The van der Waals surface area contributed by atoms with Crippen LogP contribution in [0.4, 0.5) is 0 Å². The smallest absolute Gasteiger partial charge is 0.327 e. The van der Waals surface area contributed by atoms with Gasteiger partial charge >= 0.3 is 5.97 Å². The van der Waals surface area contributed by atoms with Crippen molar-refractivity contribution in [1.82, 2.24) is 15.1 Å². The molecule has 0 aromatic heterocycles.